The molecule has 0 saturated heterocycles. The predicted octanol–water partition coefficient (Wildman–Crippen LogP) is 4.66. The van der Waals surface area contributed by atoms with E-state index in [9.17, 15) is 4.39 Å². The van der Waals surface area contributed by atoms with Crippen LogP contribution in [0.4, 0.5) is 10.1 Å². The summed E-state index contributed by atoms with van der Waals surface area (Å²) in [6, 6.07) is 4.96. The van der Waals surface area contributed by atoms with E-state index < -0.39 is 0 Å². The van der Waals surface area contributed by atoms with Crippen LogP contribution in [0.2, 0.25) is 0 Å². The molecule has 0 N–H and O–H groups in total. The molecule has 1 nitrogen and oxygen atoms in total. The van der Waals surface area contributed by atoms with Crippen molar-refractivity contribution in [1.29, 1.82) is 0 Å². The number of hydrogen-bond donors (Lipinski definition) is 0. The smallest absolute Gasteiger partial charge is 0.123 e. The fourth-order valence-corrected chi connectivity index (χ4v) is 2.13. The first kappa shape index (κ1) is 13.8. The van der Waals surface area contributed by atoms with Gasteiger partial charge >= 0.3 is 0 Å². The second-order valence-corrected chi connectivity index (χ2v) is 4.69. The summed E-state index contributed by atoms with van der Waals surface area (Å²) in [5.74, 6) is -0.172. The van der Waals surface area contributed by atoms with Crippen molar-refractivity contribution in [3.63, 3.8) is 0 Å². The summed E-state index contributed by atoms with van der Waals surface area (Å²) in [7, 11) is 2.05. The number of aryl methyl sites for hydroxylation is 1. The molecular formula is C15H22FN. The van der Waals surface area contributed by atoms with E-state index in [0.717, 1.165) is 24.1 Å². The Hall–Kier alpha value is -1.31. The topological polar surface area (TPSA) is 3.24 Å². The van der Waals surface area contributed by atoms with Crippen molar-refractivity contribution in [3.8, 4) is 0 Å². The van der Waals surface area contributed by atoms with E-state index in [1.165, 1.54) is 17.3 Å². The molecule has 0 aromatic heterocycles. The Morgan fingerprint density at radius 1 is 1.29 bits per heavy atom. The molecule has 17 heavy (non-hydrogen) atoms. The van der Waals surface area contributed by atoms with Crippen molar-refractivity contribution in [2.75, 3.05) is 11.9 Å². The fourth-order valence-electron chi connectivity index (χ4n) is 2.13. The summed E-state index contributed by atoms with van der Waals surface area (Å²) in [5, 5.41) is 0. The van der Waals surface area contributed by atoms with Gasteiger partial charge < -0.3 is 4.90 Å². The highest BCUT2D eigenvalue weighted by molar-refractivity contribution is 5.57. The molecular weight excluding hydrogens is 213 g/mol. The van der Waals surface area contributed by atoms with Crippen LogP contribution in [0, 0.1) is 12.7 Å². The minimum absolute atomic E-state index is 0.172. The standard InChI is InChI=1S/C15H22FN/c1-6-7-14(11(2)3)17(5)15-9-8-13(16)10-12(15)4/h8-10H,6-7H2,1-5H3. The lowest BCUT2D eigenvalue weighted by Gasteiger charge is -2.26. The summed E-state index contributed by atoms with van der Waals surface area (Å²) < 4.78 is 13.1. The zero-order valence-electron chi connectivity index (χ0n) is 11.5. The van der Waals surface area contributed by atoms with Crippen molar-refractivity contribution in [2.45, 2.75) is 40.5 Å². The van der Waals surface area contributed by atoms with Crippen LogP contribution < -0.4 is 4.90 Å². The molecule has 2 heteroatoms. The van der Waals surface area contributed by atoms with Crippen molar-refractivity contribution < 1.29 is 4.39 Å². The molecule has 0 heterocycles. The van der Waals surface area contributed by atoms with Crippen LogP contribution in [0.3, 0.4) is 0 Å². The first-order chi connectivity index (χ1) is 7.97. The molecule has 0 aliphatic carbocycles. The quantitative estimate of drug-likeness (QED) is 0.733. The summed E-state index contributed by atoms with van der Waals surface area (Å²) >= 11 is 0. The fraction of sp³-hybridized carbons (Fsp3) is 0.467. The van der Waals surface area contributed by atoms with Gasteiger partial charge in [0, 0.05) is 18.4 Å². The Morgan fingerprint density at radius 2 is 1.94 bits per heavy atom. The number of hydrogen-bond acceptors (Lipinski definition) is 1. The van der Waals surface area contributed by atoms with Crippen LogP contribution in [0.15, 0.2) is 29.5 Å². The lowest BCUT2D eigenvalue weighted by molar-refractivity contribution is 0.626. The number of benzene rings is 1. The van der Waals surface area contributed by atoms with E-state index in [1.807, 2.05) is 13.0 Å². The maximum Gasteiger partial charge on any atom is 0.123 e. The lowest BCUT2D eigenvalue weighted by atomic mass is 10.1. The van der Waals surface area contributed by atoms with Crippen LogP contribution >= 0.6 is 0 Å². The summed E-state index contributed by atoms with van der Waals surface area (Å²) in [4.78, 5) is 2.17. The van der Waals surface area contributed by atoms with E-state index in [1.54, 1.807) is 6.07 Å². The third-order valence-electron chi connectivity index (χ3n) is 2.99. The number of nitrogens with zero attached hydrogens (tertiary/aromatic N) is 1. The summed E-state index contributed by atoms with van der Waals surface area (Å²) in [6.07, 6.45) is 2.17. The van der Waals surface area contributed by atoms with Gasteiger partial charge in [0.05, 0.1) is 0 Å². The second-order valence-electron chi connectivity index (χ2n) is 4.69. The Balaban J connectivity index is 3.10. The maximum atomic E-state index is 13.1. The number of rotatable bonds is 4. The number of halogens is 1. The molecule has 94 valence electrons. The van der Waals surface area contributed by atoms with E-state index in [4.69, 9.17) is 0 Å². The van der Waals surface area contributed by atoms with Crippen LogP contribution in [0.25, 0.3) is 0 Å². The number of allylic oxidation sites excluding steroid dienone is 2. The van der Waals surface area contributed by atoms with Gasteiger partial charge in [-0.3, -0.25) is 0 Å². The molecule has 0 aliphatic heterocycles. The normalized spacial score (nSPS) is 10.2. The maximum absolute atomic E-state index is 13.1. The third kappa shape index (κ3) is 3.32. The average Bonchev–Trinajstić information content (AvgIpc) is 2.24. The van der Waals surface area contributed by atoms with Crippen molar-refractivity contribution in [1.82, 2.24) is 0 Å². The second kappa shape index (κ2) is 5.85. The average molecular weight is 235 g/mol. The zero-order valence-corrected chi connectivity index (χ0v) is 11.5. The first-order valence-corrected chi connectivity index (χ1v) is 6.13. The van der Waals surface area contributed by atoms with E-state index in [0.29, 0.717) is 0 Å². The van der Waals surface area contributed by atoms with E-state index in [2.05, 4.69) is 32.7 Å². The molecule has 0 aliphatic rings. The zero-order chi connectivity index (χ0) is 13.0. The van der Waals surface area contributed by atoms with Crippen LogP contribution in [-0.2, 0) is 0 Å². The highest BCUT2D eigenvalue weighted by Crippen LogP contribution is 2.26. The van der Waals surface area contributed by atoms with Gasteiger partial charge in [0.15, 0.2) is 0 Å². The van der Waals surface area contributed by atoms with E-state index >= 15 is 0 Å². The van der Waals surface area contributed by atoms with Gasteiger partial charge in [-0.2, -0.15) is 0 Å². The van der Waals surface area contributed by atoms with Crippen LogP contribution in [0.5, 0.6) is 0 Å². The Bertz CT molecular complexity index is 417. The molecule has 0 spiro atoms. The molecule has 0 fully saturated rings. The Kier molecular flexibility index (Phi) is 4.73. The van der Waals surface area contributed by atoms with Gasteiger partial charge in [0.2, 0.25) is 0 Å². The highest BCUT2D eigenvalue weighted by atomic mass is 19.1. The van der Waals surface area contributed by atoms with Crippen LogP contribution in [0.1, 0.15) is 39.2 Å². The first-order valence-electron chi connectivity index (χ1n) is 6.13. The molecule has 0 bridgehead atoms. The Morgan fingerprint density at radius 3 is 2.41 bits per heavy atom. The Labute approximate surface area is 104 Å². The molecule has 0 saturated carbocycles. The lowest BCUT2D eigenvalue weighted by Crippen LogP contribution is -2.18. The molecule has 0 radical (unpaired) electrons. The van der Waals surface area contributed by atoms with Gasteiger partial charge in [-0.15, -0.1) is 0 Å². The van der Waals surface area contributed by atoms with Crippen molar-refractivity contribution in [3.05, 3.63) is 40.8 Å². The van der Waals surface area contributed by atoms with Gasteiger partial charge in [-0.1, -0.05) is 18.9 Å². The van der Waals surface area contributed by atoms with Gasteiger partial charge in [0.1, 0.15) is 5.82 Å². The molecule has 1 rings (SSSR count). The third-order valence-corrected chi connectivity index (χ3v) is 2.99. The summed E-state index contributed by atoms with van der Waals surface area (Å²) in [6.45, 7) is 8.37. The molecule has 1 aromatic carbocycles. The van der Waals surface area contributed by atoms with Crippen molar-refractivity contribution in [2.24, 2.45) is 0 Å². The molecule has 0 atom stereocenters. The van der Waals surface area contributed by atoms with Gasteiger partial charge in [-0.25, -0.2) is 4.39 Å². The predicted molar refractivity (Wildman–Crippen MR) is 72.8 cm³/mol. The van der Waals surface area contributed by atoms with E-state index in [-0.39, 0.29) is 5.82 Å². The number of anilines is 1. The molecule has 1 aromatic rings. The minimum atomic E-state index is -0.172. The van der Waals surface area contributed by atoms with Gasteiger partial charge in [-0.05, 0) is 51.0 Å². The minimum Gasteiger partial charge on any atom is -0.348 e. The highest BCUT2D eigenvalue weighted by Gasteiger charge is 2.10. The molecule has 0 unspecified atom stereocenters. The van der Waals surface area contributed by atoms with Crippen LogP contribution in [-0.4, -0.2) is 7.05 Å². The molecule has 0 amide bonds. The SMILES string of the molecule is CCCC(=C(C)C)N(C)c1ccc(F)cc1C. The summed E-state index contributed by atoms with van der Waals surface area (Å²) in [5.41, 5.74) is 4.69. The monoisotopic (exact) mass is 235 g/mol. The van der Waals surface area contributed by atoms with Gasteiger partial charge in [0.25, 0.3) is 0 Å². The largest absolute Gasteiger partial charge is 0.348 e. The van der Waals surface area contributed by atoms with Crippen molar-refractivity contribution >= 4 is 5.69 Å².